The molecule has 3 heteroatoms. The molecule has 0 aliphatic carbocycles. The normalized spacial score (nSPS) is 11.0. The molecule has 0 aromatic heterocycles. The van der Waals surface area contributed by atoms with Gasteiger partial charge < -0.3 is 10.4 Å². The second-order valence-corrected chi connectivity index (χ2v) is 6.16. The number of carboxylic acids is 1. The van der Waals surface area contributed by atoms with Crippen molar-refractivity contribution in [3.63, 3.8) is 0 Å². The van der Waals surface area contributed by atoms with Crippen LogP contribution in [0.5, 0.6) is 0 Å². The summed E-state index contributed by atoms with van der Waals surface area (Å²) in [5.41, 5.74) is 2.07. The van der Waals surface area contributed by atoms with E-state index in [2.05, 4.69) is 19.2 Å². The highest BCUT2D eigenvalue weighted by Gasteiger charge is 2.00. The van der Waals surface area contributed by atoms with Gasteiger partial charge in [0.2, 0.25) is 0 Å². The largest absolute Gasteiger partial charge is 0.481 e. The predicted octanol–water partition coefficient (Wildman–Crippen LogP) is 4.01. The fourth-order valence-electron chi connectivity index (χ4n) is 2.34. The third-order valence-electron chi connectivity index (χ3n) is 3.59. The number of nitrogens with one attached hydrogen (secondary N) is 1. The van der Waals surface area contributed by atoms with Gasteiger partial charge in [0.25, 0.3) is 0 Å². The molecule has 0 atom stereocenters. The molecule has 0 amide bonds. The van der Waals surface area contributed by atoms with Crippen LogP contribution in [-0.4, -0.2) is 17.6 Å². The quantitative estimate of drug-likeness (QED) is 0.606. The van der Waals surface area contributed by atoms with E-state index in [1.54, 1.807) is 0 Å². The predicted molar refractivity (Wildman–Crippen MR) is 87.4 cm³/mol. The minimum absolute atomic E-state index is 0.101. The summed E-state index contributed by atoms with van der Waals surface area (Å²) in [6.07, 6.45) is 6.67. The number of carboxylic acid groups (broad SMARTS) is 1. The van der Waals surface area contributed by atoms with E-state index in [0.717, 1.165) is 24.6 Å². The molecule has 1 aromatic carbocycles. The second-order valence-electron chi connectivity index (χ2n) is 6.16. The lowest BCUT2D eigenvalue weighted by atomic mass is 10.0. The smallest absolute Gasteiger partial charge is 0.307 e. The molecule has 2 N–H and O–H groups in total. The van der Waals surface area contributed by atoms with Crippen LogP contribution in [-0.2, 0) is 17.8 Å². The third-order valence-corrected chi connectivity index (χ3v) is 3.59. The summed E-state index contributed by atoms with van der Waals surface area (Å²) in [4.78, 5) is 10.6. The van der Waals surface area contributed by atoms with E-state index in [4.69, 9.17) is 5.11 Å². The van der Waals surface area contributed by atoms with Crippen LogP contribution in [0.3, 0.4) is 0 Å². The molecule has 0 bridgehead atoms. The zero-order valence-electron chi connectivity index (χ0n) is 13.4. The Morgan fingerprint density at radius 2 is 1.67 bits per heavy atom. The molecule has 0 saturated carbocycles. The second kappa shape index (κ2) is 10.4. The minimum Gasteiger partial charge on any atom is -0.481 e. The van der Waals surface area contributed by atoms with Crippen molar-refractivity contribution in [3.8, 4) is 0 Å². The Bertz CT molecular complexity index is 398. The summed E-state index contributed by atoms with van der Waals surface area (Å²) >= 11 is 0. The van der Waals surface area contributed by atoms with Gasteiger partial charge >= 0.3 is 5.97 Å². The van der Waals surface area contributed by atoms with Gasteiger partial charge in [-0.25, -0.2) is 0 Å². The molecule has 3 nitrogen and oxygen atoms in total. The van der Waals surface area contributed by atoms with Crippen LogP contribution in [0.4, 0.5) is 0 Å². The van der Waals surface area contributed by atoms with E-state index in [-0.39, 0.29) is 6.42 Å². The fraction of sp³-hybridized carbons (Fsp3) is 0.611. The monoisotopic (exact) mass is 291 g/mol. The molecule has 0 saturated heterocycles. The number of hydrogen-bond acceptors (Lipinski definition) is 2. The van der Waals surface area contributed by atoms with Gasteiger partial charge in [-0.1, -0.05) is 63.8 Å². The summed E-state index contributed by atoms with van der Waals surface area (Å²) in [6, 6.07) is 7.82. The zero-order valence-corrected chi connectivity index (χ0v) is 13.4. The van der Waals surface area contributed by atoms with E-state index in [0.29, 0.717) is 0 Å². The Kier molecular flexibility index (Phi) is 8.76. The summed E-state index contributed by atoms with van der Waals surface area (Å²) in [7, 11) is 0. The van der Waals surface area contributed by atoms with Crippen LogP contribution in [0, 0.1) is 5.92 Å². The Labute approximate surface area is 128 Å². The third kappa shape index (κ3) is 9.24. The van der Waals surface area contributed by atoms with E-state index in [1.165, 1.54) is 37.7 Å². The lowest BCUT2D eigenvalue weighted by Crippen LogP contribution is -2.14. The number of benzene rings is 1. The van der Waals surface area contributed by atoms with Gasteiger partial charge in [-0.05, 0) is 30.0 Å². The highest BCUT2D eigenvalue weighted by Crippen LogP contribution is 2.09. The number of unbranched alkanes of at least 4 members (excludes halogenated alkanes) is 3. The Morgan fingerprint density at radius 3 is 2.29 bits per heavy atom. The molecule has 0 spiro atoms. The molecule has 1 rings (SSSR count). The van der Waals surface area contributed by atoms with Crippen LogP contribution in [0.2, 0.25) is 0 Å². The number of carbonyl (C=O) groups is 1. The van der Waals surface area contributed by atoms with Gasteiger partial charge in [-0.15, -0.1) is 0 Å². The SMILES string of the molecule is CC(C)CCCCCCNCc1ccc(CC(=O)O)cc1. The van der Waals surface area contributed by atoms with Crippen LogP contribution in [0.25, 0.3) is 0 Å². The van der Waals surface area contributed by atoms with Crippen LogP contribution < -0.4 is 5.32 Å². The maximum atomic E-state index is 10.6. The summed E-state index contributed by atoms with van der Waals surface area (Å²) in [5.74, 6) is 0.0468. The molecular weight excluding hydrogens is 262 g/mol. The lowest BCUT2D eigenvalue weighted by molar-refractivity contribution is -0.136. The minimum atomic E-state index is -0.779. The highest BCUT2D eigenvalue weighted by molar-refractivity contribution is 5.70. The van der Waals surface area contributed by atoms with Crippen molar-refractivity contribution in [2.45, 2.75) is 58.9 Å². The van der Waals surface area contributed by atoms with Gasteiger partial charge in [0, 0.05) is 6.54 Å². The summed E-state index contributed by atoms with van der Waals surface area (Å²) < 4.78 is 0. The van der Waals surface area contributed by atoms with Crippen molar-refractivity contribution < 1.29 is 9.90 Å². The van der Waals surface area contributed by atoms with Gasteiger partial charge in [-0.3, -0.25) is 4.79 Å². The molecule has 0 fully saturated rings. The van der Waals surface area contributed by atoms with Crippen molar-refractivity contribution in [1.82, 2.24) is 5.32 Å². The number of rotatable bonds is 11. The van der Waals surface area contributed by atoms with Crippen LogP contribution in [0.15, 0.2) is 24.3 Å². The van der Waals surface area contributed by atoms with Crippen LogP contribution in [0.1, 0.15) is 57.1 Å². The summed E-state index contributed by atoms with van der Waals surface area (Å²) in [5, 5.41) is 12.2. The molecule has 118 valence electrons. The topological polar surface area (TPSA) is 49.3 Å². The maximum Gasteiger partial charge on any atom is 0.307 e. The van der Waals surface area contributed by atoms with E-state index in [9.17, 15) is 4.79 Å². The van der Waals surface area contributed by atoms with E-state index < -0.39 is 5.97 Å². The lowest BCUT2D eigenvalue weighted by Gasteiger charge is -2.07. The Hall–Kier alpha value is -1.35. The van der Waals surface area contributed by atoms with Crippen molar-refractivity contribution in [2.75, 3.05) is 6.54 Å². The first kappa shape index (κ1) is 17.7. The van der Waals surface area contributed by atoms with Gasteiger partial charge in [0.1, 0.15) is 0 Å². The molecule has 0 radical (unpaired) electrons. The zero-order chi connectivity index (χ0) is 15.5. The standard InChI is InChI=1S/C18H29NO2/c1-15(2)7-5-3-4-6-12-19-14-17-10-8-16(9-11-17)13-18(20)21/h8-11,15,19H,3-7,12-14H2,1-2H3,(H,20,21). The average molecular weight is 291 g/mol. The Balaban J connectivity index is 2.06. The van der Waals surface area contributed by atoms with Gasteiger partial charge in [-0.2, -0.15) is 0 Å². The molecule has 0 unspecified atom stereocenters. The number of hydrogen-bond donors (Lipinski definition) is 2. The first-order valence-corrected chi connectivity index (χ1v) is 8.08. The Morgan fingerprint density at radius 1 is 1.05 bits per heavy atom. The van der Waals surface area contributed by atoms with Crippen LogP contribution >= 0.6 is 0 Å². The molecule has 0 heterocycles. The van der Waals surface area contributed by atoms with Crippen molar-refractivity contribution in [3.05, 3.63) is 35.4 Å². The first-order valence-electron chi connectivity index (χ1n) is 8.08. The van der Waals surface area contributed by atoms with Crippen molar-refractivity contribution in [1.29, 1.82) is 0 Å². The number of aliphatic carboxylic acids is 1. The molecule has 0 aliphatic heterocycles. The van der Waals surface area contributed by atoms with E-state index in [1.807, 2.05) is 24.3 Å². The fourth-order valence-corrected chi connectivity index (χ4v) is 2.34. The first-order chi connectivity index (χ1) is 10.1. The highest BCUT2D eigenvalue weighted by atomic mass is 16.4. The maximum absolute atomic E-state index is 10.6. The van der Waals surface area contributed by atoms with Crippen molar-refractivity contribution >= 4 is 5.97 Å². The van der Waals surface area contributed by atoms with Gasteiger partial charge in [0.05, 0.1) is 6.42 Å². The van der Waals surface area contributed by atoms with E-state index >= 15 is 0 Å². The van der Waals surface area contributed by atoms with Crippen molar-refractivity contribution in [2.24, 2.45) is 5.92 Å². The average Bonchev–Trinajstić information content (AvgIpc) is 2.42. The molecule has 0 aliphatic rings. The van der Waals surface area contributed by atoms with Gasteiger partial charge in [0.15, 0.2) is 0 Å². The summed E-state index contributed by atoms with van der Waals surface area (Å²) in [6.45, 7) is 6.48. The molecule has 1 aromatic rings. The molecule has 21 heavy (non-hydrogen) atoms. The molecular formula is C18H29NO2.